The standard InChI is InChI=1S/C19H25N5O3/c1-13-5-6-17(27-3)15(9-13)21-18(25)11-20-19(26)16-10-14-12-23(2)7-4-8-24(14)22-16/h5-6,9-10H,4,7-8,11-12H2,1-3H3,(H,20,26)(H,21,25). The lowest BCUT2D eigenvalue weighted by atomic mass is 10.2. The van der Waals surface area contributed by atoms with Crippen LogP contribution < -0.4 is 15.4 Å². The number of aromatic nitrogens is 2. The number of carbonyl (C=O) groups excluding carboxylic acids is 2. The molecule has 2 aromatic rings. The van der Waals surface area contributed by atoms with Gasteiger partial charge in [0.1, 0.15) is 5.75 Å². The number of carbonyl (C=O) groups is 2. The summed E-state index contributed by atoms with van der Waals surface area (Å²) in [6, 6.07) is 7.30. The summed E-state index contributed by atoms with van der Waals surface area (Å²) in [7, 11) is 3.59. The van der Waals surface area contributed by atoms with Crippen molar-refractivity contribution in [3.05, 3.63) is 41.2 Å². The summed E-state index contributed by atoms with van der Waals surface area (Å²) in [5.41, 5.74) is 2.92. The van der Waals surface area contributed by atoms with Crippen LogP contribution in [0.5, 0.6) is 5.75 Å². The lowest BCUT2D eigenvalue weighted by molar-refractivity contribution is -0.115. The second-order valence-electron chi connectivity index (χ2n) is 6.77. The fourth-order valence-corrected chi connectivity index (χ4v) is 3.10. The molecule has 0 saturated heterocycles. The Morgan fingerprint density at radius 1 is 1.26 bits per heavy atom. The number of amides is 2. The zero-order valence-electron chi connectivity index (χ0n) is 15.9. The average Bonchev–Trinajstić information content (AvgIpc) is 2.94. The number of hydrogen-bond acceptors (Lipinski definition) is 5. The first-order chi connectivity index (χ1) is 13.0. The van der Waals surface area contributed by atoms with E-state index in [-0.39, 0.29) is 18.4 Å². The SMILES string of the molecule is COc1ccc(C)cc1NC(=O)CNC(=O)c1cc2n(n1)CCCN(C)C2. The minimum atomic E-state index is -0.357. The predicted molar refractivity (Wildman–Crippen MR) is 102 cm³/mol. The van der Waals surface area contributed by atoms with Crippen molar-refractivity contribution >= 4 is 17.5 Å². The van der Waals surface area contributed by atoms with E-state index in [9.17, 15) is 9.59 Å². The van der Waals surface area contributed by atoms with E-state index >= 15 is 0 Å². The first kappa shape index (κ1) is 18.9. The minimum absolute atomic E-state index is 0.141. The number of ether oxygens (including phenoxy) is 1. The lowest BCUT2D eigenvalue weighted by Crippen LogP contribution is -2.33. The van der Waals surface area contributed by atoms with Crippen molar-refractivity contribution < 1.29 is 14.3 Å². The summed E-state index contributed by atoms with van der Waals surface area (Å²) in [6.45, 7) is 4.34. The van der Waals surface area contributed by atoms with Crippen LogP contribution in [-0.4, -0.2) is 53.7 Å². The summed E-state index contributed by atoms with van der Waals surface area (Å²) < 4.78 is 7.11. The van der Waals surface area contributed by atoms with E-state index in [1.807, 2.05) is 30.8 Å². The summed E-state index contributed by atoms with van der Waals surface area (Å²) in [5, 5.41) is 9.76. The molecule has 0 atom stereocenters. The monoisotopic (exact) mass is 371 g/mol. The number of methoxy groups -OCH3 is 1. The molecule has 144 valence electrons. The average molecular weight is 371 g/mol. The molecule has 1 aliphatic rings. The largest absolute Gasteiger partial charge is 0.495 e. The molecule has 0 fully saturated rings. The number of benzene rings is 1. The Hall–Kier alpha value is -2.87. The van der Waals surface area contributed by atoms with Gasteiger partial charge in [0.25, 0.3) is 5.91 Å². The molecule has 2 heterocycles. The second-order valence-corrected chi connectivity index (χ2v) is 6.77. The number of anilines is 1. The number of rotatable bonds is 5. The topological polar surface area (TPSA) is 88.5 Å². The van der Waals surface area contributed by atoms with Gasteiger partial charge in [0.15, 0.2) is 5.69 Å². The Morgan fingerprint density at radius 2 is 2.07 bits per heavy atom. The van der Waals surface area contributed by atoms with E-state index in [1.165, 1.54) is 0 Å². The van der Waals surface area contributed by atoms with E-state index in [0.717, 1.165) is 37.3 Å². The normalized spacial score (nSPS) is 14.2. The quantitative estimate of drug-likeness (QED) is 0.830. The molecule has 0 spiro atoms. The Balaban J connectivity index is 1.59. The molecule has 2 N–H and O–H groups in total. The number of aryl methyl sites for hydroxylation is 2. The van der Waals surface area contributed by atoms with Gasteiger partial charge in [-0.05, 0) is 44.2 Å². The van der Waals surface area contributed by atoms with Gasteiger partial charge in [-0.15, -0.1) is 0 Å². The van der Waals surface area contributed by atoms with E-state index in [0.29, 0.717) is 17.1 Å². The maximum absolute atomic E-state index is 12.4. The van der Waals surface area contributed by atoms with Crippen LogP contribution in [0.4, 0.5) is 5.69 Å². The lowest BCUT2D eigenvalue weighted by Gasteiger charge is -2.11. The van der Waals surface area contributed by atoms with Crippen LogP contribution in [0.3, 0.4) is 0 Å². The molecule has 1 aromatic carbocycles. The highest BCUT2D eigenvalue weighted by atomic mass is 16.5. The number of nitrogens with one attached hydrogen (secondary N) is 2. The summed E-state index contributed by atoms with van der Waals surface area (Å²) >= 11 is 0. The summed E-state index contributed by atoms with van der Waals surface area (Å²) in [5.74, 6) is -0.112. The fraction of sp³-hybridized carbons (Fsp3) is 0.421. The molecule has 0 saturated carbocycles. The van der Waals surface area contributed by atoms with Gasteiger partial charge < -0.3 is 20.3 Å². The highest BCUT2D eigenvalue weighted by molar-refractivity contribution is 5.99. The van der Waals surface area contributed by atoms with E-state index in [4.69, 9.17) is 4.74 Å². The second kappa shape index (κ2) is 8.22. The highest BCUT2D eigenvalue weighted by Gasteiger charge is 2.18. The van der Waals surface area contributed by atoms with Crippen molar-refractivity contribution in [3.63, 3.8) is 0 Å². The molecular weight excluding hydrogens is 346 g/mol. The van der Waals surface area contributed by atoms with Crippen LogP contribution >= 0.6 is 0 Å². The Kier molecular flexibility index (Phi) is 5.75. The van der Waals surface area contributed by atoms with Crippen molar-refractivity contribution in [2.24, 2.45) is 0 Å². The number of hydrogen-bond donors (Lipinski definition) is 2. The van der Waals surface area contributed by atoms with Gasteiger partial charge in [-0.3, -0.25) is 14.3 Å². The minimum Gasteiger partial charge on any atom is -0.495 e. The first-order valence-electron chi connectivity index (χ1n) is 8.94. The van der Waals surface area contributed by atoms with Crippen LogP contribution in [0.1, 0.15) is 28.2 Å². The number of nitrogens with zero attached hydrogens (tertiary/aromatic N) is 3. The number of fused-ring (bicyclic) bond motifs is 1. The van der Waals surface area contributed by atoms with Crippen molar-refractivity contribution in [2.45, 2.75) is 26.4 Å². The van der Waals surface area contributed by atoms with Crippen molar-refractivity contribution in [1.29, 1.82) is 0 Å². The molecule has 0 bridgehead atoms. The van der Waals surface area contributed by atoms with Gasteiger partial charge in [-0.2, -0.15) is 5.10 Å². The van der Waals surface area contributed by atoms with Crippen LogP contribution in [0.25, 0.3) is 0 Å². The molecule has 0 radical (unpaired) electrons. The van der Waals surface area contributed by atoms with Crippen LogP contribution in [0.2, 0.25) is 0 Å². The van der Waals surface area contributed by atoms with Crippen LogP contribution in [-0.2, 0) is 17.9 Å². The highest BCUT2D eigenvalue weighted by Crippen LogP contribution is 2.24. The predicted octanol–water partition coefficient (Wildman–Crippen LogP) is 1.40. The molecule has 8 nitrogen and oxygen atoms in total. The molecule has 27 heavy (non-hydrogen) atoms. The van der Waals surface area contributed by atoms with Gasteiger partial charge in [0, 0.05) is 19.6 Å². The Bertz CT molecular complexity index is 846. The Labute approximate surface area is 158 Å². The van der Waals surface area contributed by atoms with Gasteiger partial charge in [0.05, 0.1) is 25.0 Å². The molecular formula is C19H25N5O3. The van der Waals surface area contributed by atoms with Crippen molar-refractivity contribution in [1.82, 2.24) is 20.0 Å². The van der Waals surface area contributed by atoms with Gasteiger partial charge in [-0.25, -0.2) is 0 Å². The van der Waals surface area contributed by atoms with E-state index < -0.39 is 0 Å². The molecule has 1 aliphatic heterocycles. The first-order valence-corrected chi connectivity index (χ1v) is 8.94. The maximum atomic E-state index is 12.4. The third-order valence-electron chi connectivity index (χ3n) is 4.48. The molecule has 2 amide bonds. The molecule has 1 aromatic heterocycles. The summed E-state index contributed by atoms with van der Waals surface area (Å²) in [4.78, 5) is 26.8. The fourth-order valence-electron chi connectivity index (χ4n) is 3.10. The van der Waals surface area contributed by atoms with Crippen molar-refractivity contribution in [3.8, 4) is 5.75 Å². The summed E-state index contributed by atoms with van der Waals surface area (Å²) in [6.07, 6.45) is 0.993. The third-order valence-corrected chi connectivity index (χ3v) is 4.48. The smallest absolute Gasteiger partial charge is 0.272 e. The Morgan fingerprint density at radius 3 is 2.85 bits per heavy atom. The zero-order valence-corrected chi connectivity index (χ0v) is 15.9. The third kappa shape index (κ3) is 4.65. The van der Waals surface area contributed by atoms with Gasteiger partial charge in [0.2, 0.25) is 5.91 Å². The molecule has 8 heteroatoms. The maximum Gasteiger partial charge on any atom is 0.272 e. The zero-order chi connectivity index (χ0) is 19.4. The van der Waals surface area contributed by atoms with Crippen LogP contribution in [0.15, 0.2) is 24.3 Å². The van der Waals surface area contributed by atoms with Crippen molar-refractivity contribution in [2.75, 3.05) is 32.6 Å². The molecule has 0 unspecified atom stereocenters. The van der Waals surface area contributed by atoms with Gasteiger partial charge in [-0.1, -0.05) is 6.07 Å². The molecule has 3 rings (SSSR count). The van der Waals surface area contributed by atoms with E-state index in [2.05, 4.69) is 20.6 Å². The van der Waals surface area contributed by atoms with E-state index in [1.54, 1.807) is 19.2 Å². The molecule has 0 aliphatic carbocycles. The van der Waals surface area contributed by atoms with Gasteiger partial charge >= 0.3 is 0 Å². The van der Waals surface area contributed by atoms with Crippen LogP contribution in [0, 0.1) is 6.92 Å².